The Morgan fingerprint density at radius 2 is 1.57 bits per heavy atom. The monoisotopic (exact) mass is 799 g/mol. The summed E-state index contributed by atoms with van der Waals surface area (Å²) in [5, 5.41) is 2.59. The van der Waals surface area contributed by atoms with Crippen LogP contribution in [0.1, 0.15) is 106 Å². The van der Waals surface area contributed by atoms with Crippen LogP contribution in [0.25, 0.3) is 6.08 Å². The van der Waals surface area contributed by atoms with Gasteiger partial charge >= 0.3 is 12.1 Å². The summed E-state index contributed by atoms with van der Waals surface area (Å²) in [5.41, 5.74) is -0.727. The lowest BCUT2D eigenvalue weighted by atomic mass is 9.73. The summed E-state index contributed by atoms with van der Waals surface area (Å²) in [5.74, 6) is -1.41. The zero-order chi connectivity index (χ0) is 41.2. The minimum Gasteiger partial charge on any atom is -0.457 e. The zero-order valence-corrected chi connectivity index (χ0v) is 37.8. The van der Waals surface area contributed by atoms with Gasteiger partial charge in [-0.15, -0.1) is 24.5 Å². The van der Waals surface area contributed by atoms with Gasteiger partial charge in [0.1, 0.15) is 11.9 Å². The predicted octanol–water partition coefficient (Wildman–Crippen LogP) is 12.4. The maximum absolute atomic E-state index is 14.8. The van der Waals surface area contributed by atoms with Gasteiger partial charge in [-0.05, 0) is 74.1 Å². The second kappa shape index (κ2) is 20.2. The molecule has 0 aliphatic carbocycles. The SMILES string of the molecule is C=CC/C(=C\CC(OC(=O)C[C@H](O[Si](CC)(CC)CC)C(C)(C)C(=O)C(C)[C@@H](O[Si](C)(C)C(C)(C)C)[C@@H](C)C=C)/C(C)=C/c1csc(C)n1)C(F)(F)F. The van der Waals surface area contributed by atoms with E-state index in [1.165, 1.54) is 17.4 Å². The highest BCUT2D eigenvalue weighted by molar-refractivity contribution is 7.09. The van der Waals surface area contributed by atoms with Gasteiger partial charge in [-0.1, -0.05) is 87.5 Å². The Morgan fingerprint density at radius 3 is 2.00 bits per heavy atom. The van der Waals surface area contributed by atoms with E-state index in [0.29, 0.717) is 11.3 Å². The molecule has 0 spiro atoms. The number of Topliss-reactive ketones (excluding diaryl/α,β-unsaturated/α-hetero) is 1. The molecule has 6 nitrogen and oxygen atoms in total. The van der Waals surface area contributed by atoms with E-state index in [9.17, 15) is 22.8 Å². The van der Waals surface area contributed by atoms with Gasteiger partial charge in [-0.25, -0.2) is 4.98 Å². The molecule has 0 aromatic carbocycles. The number of aromatic nitrogens is 1. The van der Waals surface area contributed by atoms with Gasteiger partial charge in [0.05, 0.1) is 29.3 Å². The van der Waals surface area contributed by atoms with E-state index in [1.54, 1.807) is 13.0 Å². The van der Waals surface area contributed by atoms with Crippen LogP contribution in [0.2, 0.25) is 36.3 Å². The smallest absolute Gasteiger partial charge is 0.412 e. The van der Waals surface area contributed by atoms with Crippen molar-refractivity contribution in [3.05, 3.63) is 58.6 Å². The maximum Gasteiger partial charge on any atom is 0.412 e. The number of hydrogen-bond acceptors (Lipinski definition) is 7. The first-order chi connectivity index (χ1) is 24.2. The van der Waals surface area contributed by atoms with Crippen molar-refractivity contribution < 1.29 is 36.3 Å². The number of carbonyl (C=O) groups excluding carboxylic acids is 2. The molecule has 0 bridgehead atoms. The van der Waals surface area contributed by atoms with Crippen molar-refractivity contribution >= 4 is 45.8 Å². The third-order valence-corrected chi connectivity index (χ3v) is 21.2. The Bertz CT molecular complexity index is 1430. The lowest BCUT2D eigenvalue weighted by Gasteiger charge is -2.45. The first-order valence-corrected chi connectivity index (χ1v) is 25.3. The number of ketones is 1. The van der Waals surface area contributed by atoms with Crippen molar-refractivity contribution in [1.82, 2.24) is 4.98 Å². The molecule has 1 heterocycles. The van der Waals surface area contributed by atoms with E-state index >= 15 is 0 Å². The number of hydrogen-bond donors (Lipinski definition) is 0. The van der Waals surface area contributed by atoms with Gasteiger partial charge in [-0.2, -0.15) is 13.2 Å². The molecule has 0 fully saturated rings. The fourth-order valence-corrected chi connectivity index (χ4v) is 11.1. The van der Waals surface area contributed by atoms with Gasteiger partial charge in [0.2, 0.25) is 0 Å². The van der Waals surface area contributed by atoms with E-state index in [-0.39, 0.29) is 36.0 Å². The number of halogens is 3. The molecular weight excluding hydrogens is 732 g/mol. The number of carbonyl (C=O) groups is 2. The number of nitrogens with zero attached hydrogens (tertiary/aromatic N) is 1. The molecule has 2 unspecified atom stereocenters. The third-order valence-electron chi connectivity index (χ3n) is 11.3. The Morgan fingerprint density at radius 1 is 1.00 bits per heavy atom. The summed E-state index contributed by atoms with van der Waals surface area (Å²) in [6, 6.07) is 2.38. The fraction of sp³-hybridized carbons (Fsp3) is 0.683. The molecule has 5 atom stereocenters. The summed E-state index contributed by atoms with van der Waals surface area (Å²) < 4.78 is 61.5. The van der Waals surface area contributed by atoms with Crippen LogP contribution in [0, 0.1) is 24.2 Å². The Balaban J connectivity index is 3.70. The average molecular weight is 800 g/mol. The molecule has 0 saturated carbocycles. The molecule has 0 radical (unpaired) electrons. The number of esters is 1. The van der Waals surface area contributed by atoms with Gasteiger partial charge in [0.15, 0.2) is 16.6 Å². The van der Waals surface area contributed by atoms with Gasteiger partial charge in [0.25, 0.3) is 0 Å². The zero-order valence-electron chi connectivity index (χ0n) is 35.0. The number of aryl methyl sites for hydroxylation is 1. The van der Waals surface area contributed by atoms with Crippen molar-refractivity contribution in [2.45, 2.75) is 163 Å². The molecule has 53 heavy (non-hydrogen) atoms. The summed E-state index contributed by atoms with van der Waals surface area (Å²) in [6.07, 6.45) is -1.84. The Labute approximate surface area is 325 Å². The fourth-order valence-electron chi connectivity index (χ4n) is 6.13. The minimum atomic E-state index is -4.56. The Hall–Kier alpha value is -2.13. The molecule has 1 aromatic heterocycles. The standard InChI is InChI=1S/C41H68F3NO5SSi2/c1-17-22-32(41(42,43)44)23-24-34(29(7)25-33-27-51-31(9)45-33)48-36(46)26-35(49-53(19-3,20-4)21-5)40(13,14)38(47)30(8)37(28(6)18-2)50-52(15,16)39(10,11)12/h17-18,23,25,27-28,30,34-35,37H,1-2,19-22,24,26H2,3-16H3/b29-25+,32-23+/t28-,30?,34?,35-,37-/m0/s1. The summed E-state index contributed by atoms with van der Waals surface area (Å²) in [4.78, 5) is 33.2. The van der Waals surface area contributed by atoms with E-state index in [0.717, 1.165) is 29.2 Å². The molecule has 0 saturated heterocycles. The highest BCUT2D eigenvalue weighted by Crippen LogP contribution is 2.42. The number of rotatable bonds is 22. The van der Waals surface area contributed by atoms with E-state index in [1.807, 2.05) is 46.1 Å². The van der Waals surface area contributed by atoms with Crippen LogP contribution in [0.5, 0.6) is 0 Å². The molecule has 0 aliphatic rings. The van der Waals surface area contributed by atoms with Crippen molar-refractivity contribution in [2.24, 2.45) is 17.3 Å². The van der Waals surface area contributed by atoms with E-state index in [4.69, 9.17) is 13.6 Å². The topological polar surface area (TPSA) is 74.7 Å². The van der Waals surface area contributed by atoms with Crippen LogP contribution in [-0.2, 0) is 23.2 Å². The van der Waals surface area contributed by atoms with Crippen LogP contribution in [-0.4, -0.2) is 57.9 Å². The first-order valence-electron chi connectivity index (χ1n) is 18.9. The minimum absolute atomic E-state index is 0.0857. The molecule has 0 aliphatic heterocycles. The number of alkyl halides is 3. The molecule has 302 valence electrons. The van der Waals surface area contributed by atoms with Crippen molar-refractivity contribution in [1.29, 1.82) is 0 Å². The predicted molar refractivity (Wildman–Crippen MR) is 220 cm³/mol. The van der Waals surface area contributed by atoms with Crippen molar-refractivity contribution in [3.63, 3.8) is 0 Å². The lowest BCUT2D eigenvalue weighted by molar-refractivity contribution is -0.153. The summed E-state index contributed by atoms with van der Waals surface area (Å²) >= 11 is 1.44. The van der Waals surface area contributed by atoms with Crippen LogP contribution >= 0.6 is 11.3 Å². The van der Waals surface area contributed by atoms with Crippen molar-refractivity contribution in [3.8, 4) is 0 Å². The number of allylic oxidation sites excluding steroid dienone is 2. The third kappa shape index (κ3) is 13.8. The highest BCUT2D eigenvalue weighted by Gasteiger charge is 2.49. The lowest BCUT2D eigenvalue weighted by Crippen LogP contribution is -2.53. The molecule has 0 N–H and O–H groups in total. The number of ether oxygens (including phenoxy) is 1. The normalized spacial score (nSPS) is 16.8. The highest BCUT2D eigenvalue weighted by atomic mass is 32.1. The van der Waals surface area contributed by atoms with Crippen LogP contribution in [0.3, 0.4) is 0 Å². The van der Waals surface area contributed by atoms with Crippen LogP contribution in [0.4, 0.5) is 13.2 Å². The average Bonchev–Trinajstić information content (AvgIpc) is 3.48. The second-order valence-corrected chi connectivity index (χ2v) is 27.0. The van der Waals surface area contributed by atoms with Crippen molar-refractivity contribution in [2.75, 3.05) is 0 Å². The largest absolute Gasteiger partial charge is 0.457 e. The maximum atomic E-state index is 14.8. The van der Waals surface area contributed by atoms with E-state index in [2.05, 4.69) is 72.8 Å². The number of thiazole rings is 1. The first kappa shape index (κ1) is 48.9. The Kier molecular flexibility index (Phi) is 18.6. The molecule has 1 aromatic rings. The molecule has 1 rings (SSSR count). The van der Waals surface area contributed by atoms with Crippen LogP contribution in [0.15, 0.2) is 47.9 Å². The summed E-state index contributed by atoms with van der Waals surface area (Å²) in [6.45, 7) is 35.7. The van der Waals surface area contributed by atoms with Gasteiger partial charge in [0, 0.05) is 28.7 Å². The van der Waals surface area contributed by atoms with Crippen LogP contribution < -0.4 is 0 Å². The second-order valence-electron chi connectivity index (χ2n) is 16.5. The van der Waals surface area contributed by atoms with Gasteiger partial charge < -0.3 is 13.6 Å². The molecule has 0 amide bonds. The molecular formula is C41H68F3NO5SSi2. The van der Waals surface area contributed by atoms with Gasteiger partial charge in [-0.3, -0.25) is 9.59 Å². The molecule has 12 heteroatoms. The quantitative estimate of drug-likeness (QED) is 0.0661. The van der Waals surface area contributed by atoms with E-state index < -0.39 is 64.0 Å². The summed E-state index contributed by atoms with van der Waals surface area (Å²) in [7, 11) is -4.69.